The smallest absolute Gasteiger partial charge is 0.178 e. The maximum atomic E-state index is 5.39. The topological polar surface area (TPSA) is 29.9 Å². The van der Waals surface area contributed by atoms with Crippen LogP contribution in [0.2, 0.25) is 0 Å². The van der Waals surface area contributed by atoms with E-state index in [1.54, 1.807) is 7.11 Å². The Morgan fingerprint density at radius 2 is 2.29 bits per heavy atom. The van der Waals surface area contributed by atoms with Gasteiger partial charge in [0.05, 0.1) is 23.7 Å². The summed E-state index contributed by atoms with van der Waals surface area (Å²) in [6, 6.07) is 6.40. The van der Waals surface area contributed by atoms with Crippen molar-refractivity contribution in [2.45, 2.75) is 19.4 Å². The number of H-pyrrole nitrogens is 1. The molecule has 2 rings (SSSR count). The zero-order valence-corrected chi connectivity index (χ0v) is 12.3. The van der Waals surface area contributed by atoms with Crippen LogP contribution in [-0.4, -0.2) is 23.3 Å². The van der Waals surface area contributed by atoms with Gasteiger partial charge in [0, 0.05) is 11.6 Å². The summed E-state index contributed by atoms with van der Waals surface area (Å²) >= 11 is 8.88. The number of methoxy groups -OCH3 is 1. The molecule has 1 heterocycles. The number of hydrogen-bond donors (Lipinski definition) is 1. The maximum absolute atomic E-state index is 5.39. The Labute approximate surface area is 114 Å². The number of aromatic amines is 1. The third-order valence-electron chi connectivity index (χ3n) is 2.88. The monoisotopic (exact) mass is 314 g/mol. The fraction of sp³-hybridized carbons (Fsp3) is 0.417. The van der Waals surface area contributed by atoms with E-state index in [0.717, 1.165) is 26.7 Å². The first-order valence-corrected chi connectivity index (χ1v) is 6.76. The second-order valence-corrected chi connectivity index (χ2v) is 5.28. The molecule has 0 amide bonds. The molecule has 5 heteroatoms. The second kappa shape index (κ2) is 5.33. The van der Waals surface area contributed by atoms with E-state index in [2.05, 4.69) is 38.5 Å². The van der Waals surface area contributed by atoms with Crippen LogP contribution in [0.25, 0.3) is 11.0 Å². The van der Waals surface area contributed by atoms with Gasteiger partial charge in [-0.25, -0.2) is 0 Å². The lowest BCUT2D eigenvalue weighted by Gasteiger charge is -2.16. The van der Waals surface area contributed by atoms with Gasteiger partial charge in [-0.05, 0) is 36.8 Å². The van der Waals surface area contributed by atoms with Crippen LogP contribution in [0.3, 0.4) is 0 Å². The number of imidazole rings is 1. The molecule has 17 heavy (non-hydrogen) atoms. The van der Waals surface area contributed by atoms with Crippen LogP contribution in [0.15, 0.2) is 22.7 Å². The molecular weight excluding hydrogens is 300 g/mol. The van der Waals surface area contributed by atoms with Crippen molar-refractivity contribution in [1.82, 2.24) is 9.55 Å². The third-order valence-corrected chi connectivity index (χ3v) is 3.67. The van der Waals surface area contributed by atoms with Crippen LogP contribution in [0.4, 0.5) is 0 Å². The van der Waals surface area contributed by atoms with Gasteiger partial charge >= 0.3 is 0 Å². The molecule has 0 saturated carbocycles. The summed E-state index contributed by atoms with van der Waals surface area (Å²) in [5.74, 6) is 0. The zero-order chi connectivity index (χ0) is 12.4. The van der Waals surface area contributed by atoms with E-state index in [9.17, 15) is 0 Å². The maximum Gasteiger partial charge on any atom is 0.178 e. The number of hydrogen-bond acceptors (Lipinski definition) is 2. The lowest BCUT2D eigenvalue weighted by atomic mass is 10.2. The molecule has 0 fully saturated rings. The summed E-state index contributed by atoms with van der Waals surface area (Å²) in [7, 11) is 1.72. The number of rotatable bonds is 4. The van der Waals surface area contributed by atoms with Crippen LogP contribution in [0, 0.1) is 4.77 Å². The van der Waals surface area contributed by atoms with Gasteiger partial charge in [-0.2, -0.15) is 0 Å². The fourth-order valence-electron chi connectivity index (χ4n) is 2.02. The Bertz CT molecular complexity index is 575. The molecule has 0 radical (unpaired) electrons. The van der Waals surface area contributed by atoms with Crippen molar-refractivity contribution >= 4 is 39.2 Å². The van der Waals surface area contributed by atoms with Crippen LogP contribution >= 0.6 is 28.1 Å². The number of nitrogens with zero attached hydrogens (tertiary/aromatic N) is 1. The quantitative estimate of drug-likeness (QED) is 0.862. The second-order valence-electron chi connectivity index (χ2n) is 3.98. The molecular formula is C12H15BrN2OS. The molecule has 0 saturated heterocycles. The number of benzene rings is 1. The van der Waals surface area contributed by atoms with Gasteiger partial charge in [0.15, 0.2) is 4.77 Å². The van der Waals surface area contributed by atoms with Crippen molar-refractivity contribution < 1.29 is 4.74 Å². The van der Waals surface area contributed by atoms with E-state index in [1.807, 2.05) is 12.1 Å². The lowest BCUT2D eigenvalue weighted by molar-refractivity contribution is 0.154. The summed E-state index contributed by atoms with van der Waals surface area (Å²) < 4.78 is 9.21. The number of aromatic nitrogens is 2. The first-order valence-electron chi connectivity index (χ1n) is 5.56. The highest BCUT2D eigenvalue weighted by Crippen LogP contribution is 2.24. The predicted molar refractivity (Wildman–Crippen MR) is 76.0 cm³/mol. The highest BCUT2D eigenvalue weighted by atomic mass is 79.9. The fourth-order valence-corrected chi connectivity index (χ4v) is 2.73. The van der Waals surface area contributed by atoms with Gasteiger partial charge in [0.2, 0.25) is 0 Å². The molecule has 0 spiro atoms. The Morgan fingerprint density at radius 3 is 2.94 bits per heavy atom. The minimum atomic E-state index is 0.274. The number of fused-ring (bicyclic) bond motifs is 1. The van der Waals surface area contributed by atoms with Gasteiger partial charge in [-0.3, -0.25) is 0 Å². The molecule has 92 valence electrons. The minimum absolute atomic E-state index is 0.274. The van der Waals surface area contributed by atoms with E-state index in [0.29, 0.717) is 6.61 Å². The molecule has 1 atom stereocenters. The third kappa shape index (κ3) is 2.46. The molecule has 0 aliphatic carbocycles. The van der Waals surface area contributed by atoms with E-state index in [4.69, 9.17) is 17.0 Å². The summed E-state index contributed by atoms with van der Waals surface area (Å²) in [5, 5.41) is 0. The summed E-state index contributed by atoms with van der Waals surface area (Å²) in [4.78, 5) is 3.23. The van der Waals surface area contributed by atoms with Gasteiger partial charge in [-0.1, -0.05) is 22.9 Å². The lowest BCUT2D eigenvalue weighted by Crippen LogP contribution is -2.13. The first kappa shape index (κ1) is 12.8. The van der Waals surface area contributed by atoms with Crippen LogP contribution < -0.4 is 0 Å². The van der Waals surface area contributed by atoms with Crippen LogP contribution in [0.1, 0.15) is 19.4 Å². The SMILES string of the molecule is CCC(COC)n1c(=S)[nH]c2ccc(Br)cc21. The van der Waals surface area contributed by atoms with Crippen LogP contribution in [-0.2, 0) is 4.74 Å². The molecule has 3 nitrogen and oxygen atoms in total. The summed E-state index contributed by atoms with van der Waals surface area (Å²) in [5.41, 5.74) is 2.18. The van der Waals surface area contributed by atoms with Gasteiger partial charge in [0.1, 0.15) is 0 Å². The average Bonchev–Trinajstić information content (AvgIpc) is 2.62. The van der Waals surface area contributed by atoms with Crippen molar-refractivity contribution in [1.29, 1.82) is 0 Å². The van der Waals surface area contributed by atoms with Gasteiger partial charge < -0.3 is 14.3 Å². The number of nitrogens with one attached hydrogen (secondary N) is 1. The Balaban J connectivity index is 2.62. The van der Waals surface area contributed by atoms with Crippen LogP contribution in [0.5, 0.6) is 0 Å². The van der Waals surface area contributed by atoms with Gasteiger partial charge in [0.25, 0.3) is 0 Å². The highest BCUT2D eigenvalue weighted by Gasteiger charge is 2.13. The van der Waals surface area contributed by atoms with E-state index >= 15 is 0 Å². The van der Waals surface area contributed by atoms with E-state index < -0.39 is 0 Å². The molecule has 0 aliphatic rings. The summed E-state index contributed by atoms with van der Waals surface area (Å²) in [6.07, 6.45) is 0.988. The molecule has 1 N–H and O–H groups in total. The Hall–Kier alpha value is -0.650. The van der Waals surface area contributed by atoms with E-state index in [1.165, 1.54) is 0 Å². The molecule has 1 unspecified atom stereocenters. The average molecular weight is 315 g/mol. The first-order chi connectivity index (χ1) is 8.17. The number of ether oxygens (including phenoxy) is 1. The molecule has 1 aromatic carbocycles. The van der Waals surface area contributed by atoms with Crippen molar-refractivity contribution in [3.63, 3.8) is 0 Å². The Kier molecular flexibility index (Phi) is 4.01. The highest BCUT2D eigenvalue weighted by molar-refractivity contribution is 9.10. The van der Waals surface area contributed by atoms with E-state index in [-0.39, 0.29) is 6.04 Å². The minimum Gasteiger partial charge on any atom is -0.383 e. The van der Waals surface area contributed by atoms with Crippen molar-refractivity contribution in [3.05, 3.63) is 27.4 Å². The van der Waals surface area contributed by atoms with Crippen molar-refractivity contribution in [2.24, 2.45) is 0 Å². The normalized spacial score (nSPS) is 13.1. The van der Waals surface area contributed by atoms with Gasteiger partial charge in [-0.15, -0.1) is 0 Å². The predicted octanol–water partition coefficient (Wildman–Crippen LogP) is 4.06. The molecule has 1 aromatic heterocycles. The Morgan fingerprint density at radius 1 is 1.53 bits per heavy atom. The zero-order valence-electron chi connectivity index (χ0n) is 9.87. The van der Waals surface area contributed by atoms with Crippen molar-refractivity contribution in [3.8, 4) is 0 Å². The molecule has 0 aliphatic heterocycles. The molecule has 0 bridgehead atoms. The summed E-state index contributed by atoms with van der Waals surface area (Å²) in [6.45, 7) is 2.81. The van der Waals surface area contributed by atoms with Crippen molar-refractivity contribution in [2.75, 3.05) is 13.7 Å². The molecule has 2 aromatic rings. The standard InChI is InChI=1S/C12H15BrN2OS/c1-3-9(7-16-2)15-11-6-8(13)4-5-10(11)14-12(15)17/h4-6,9H,3,7H2,1-2H3,(H,14,17). The largest absolute Gasteiger partial charge is 0.383 e. The number of halogens is 1.